The molecule has 3 heterocycles. The first-order valence-corrected chi connectivity index (χ1v) is 12.0. The zero-order chi connectivity index (χ0) is 23.8. The van der Waals surface area contributed by atoms with Crippen LogP contribution in [0.5, 0.6) is 11.5 Å². The molecule has 6 rings (SSSR count). The average Bonchev–Trinajstić information content (AvgIpc) is 3.52. The van der Waals surface area contributed by atoms with Crippen molar-refractivity contribution in [3.05, 3.63) is 93.5 Å². The normalized spacial score (nSPS) is 13.3. The number of fused-ring (bicyclic) bond motifs is 3. The van der Waals surface area contributed by atoms with Crippen LogP contribution in [0.3, 0.4) is 0 Å². The molecule has 174 valence electrons. The highest BCUT2D eigenvalue weighted by molar-refractivity contribution is 7.18. The summed E-state index contributed by atoms with van der Waals surface area (Å²) in [6.45, 7) is 0.537. The molecule has 9 heteroatoms. The molecule has 5 aromatic rings. The minimum atomic E-state index is -0.499. The van der Waals surface area contributed by atoms with Gasteiger partial charge in [-0.15, -0.1) is 11.3 Å². The van der Waals surface area contributed by atoms with Gasteiger partial charge in [-0.2, -0.15) is 0 Å². The van der Waals surface area contributed by atoms with Crippen LogP contribution in [-0.4, -0.2) is 27.7 Å². The lowest BCUT2D eigenvalue weighted by Gasteiger charge is -2.14. The summed E-state index contributed by atoms with van der Waals surface area (Å²) in [5, 5.41) is 4.20. The molecule has 1 atom stereocenters. The Balaban J connectivity index is 1.30. The van der Waals surface area contributed by atoms with Crippen molar-refractivity contribution in [1.82, 2.24) is 20.3 Å². The van der Waals surface area contributed by atoms with Gasteiger partial charge in [-0.05, 0) is 42.0 Å². The summed E-state index contributed by atoms with van der Waals surface area (Å²) in [6.07, 6.45) is 0.0889. The Morgan fingerprint density at radius 2 is 1.80 bits per heavy atom. The van der Waals surface area contributed by atoms with Crippen molar-refractivity contribution in [2.75, 3.05) is 6.79 Å². The average molecular weight is 485 g/mol. The van der Waals surface area contributed by atoms with Gasteiger partial charge in [0.1, 0.15) is 10.8 Å². The van der Waals surface area contributed by atoms with Crippen LogP contribution in [-0.2, 0) is 11.3 Å². The summed E-state index contributed by atoms with van der Waals surface area (Å²) < 4.78 is 11.8. The van der Waals surface area contributed by atoms with Crippen LogP contribution in [0.15, 0.2) is 71.5 Å². The Kier molecular flexibility index (Phi) is 5.38. The zero-order valence-corrected chi connectivity index (χ0v) is 19.3. The standard InChI is InChI=1S/C26H20N4O4S/c31-23(27-13-15-9-10-20-21(11-15)34-14-33-20)12-17(26-29-19-7-3-4-8-22(19)35-26)24-28-18-6-2-1-5-16(18)25(32)30-24/h1-11,17H,12-14H2,(H,27,31)(H,28,30,32)/t17-/m1/s1. The topological polar surface area (TPSA) is 106 Å². The summed E-state index contributed by atoms with van der Waals surface area (Å²) in [5.74, 6) is 1.11. The maximum absolute atomic E-state index is 13.1. The molecule has 35 heavy (non-hydrogen) atoms. The van der Waals surface area contributed by atoms with E-state index in [-0.39, 0.29) is 24.7 Å². The number of hydrogen-bond acceptors (Lipinski definition) is 7. The fraction of sp³-hybridized carbons (Fsp3) is 0.154. The lowest BCUT2D eigenvalue weighted by atomic mass is 10.0. The number of aromatic nitrogens is 3. The largest absolute Gasteiger partial charge is 0.454 e. The molecule has 0 unspecified atom stereocenters. The van der Waals surface area contributed by atoms with E-state index in [9.17, 15) is 9.59 Å². The molecule has 0 fully saturated rings. The Hall–Kier alpha value is -4.24. The van der Waals surface area contributed by atoms with E-state index in [0.717, 1.165) is 20.8 Å². The Bertz CT molecular complexity index is 1590. The van der Waals surface area contributed by atoms with Crippen LogP contribution >= 0.6 is 11.3 Å². The van der Waals surface area contributed by atoms with Gasteiger partial charge in [0.25, 0.3) is 5.56 Å². The van der Waals surface area contributed by atoms with Crippen LogP contribution in [0.25, 0.3) is 21.1 Å². The zero-order valence-electron chi connectivity index (χ0n) is 18.5. The van der Waals surface area contributed by atoms with Gasteiger partial charge >= 0.3 is 0 Å². The van der Waals surface area contributed by atoms with Crippen LogP contribution < -0.4 is 20.3 Å². The predicted octanol–water partition coefficient (Wildman–Crippen LogP) is 4.10. The lowest BCUT2D eigenvalue weighted by molar-refractivity contribution is -0.121. The third-order valence-corrected chi connectivity index (χ3v) is 7.04. The molecule has 1 aliphatic heterocycles. The third kappa shape index (κ3) is 4.22. The molecule has 1 amide bonds. The maximum atomic E-state index is 13.1. The first-order valence-electron chi connectivity index (χ1n) is 11.1. The molecule has 3 aromatic carbocycles. The Morgan fingerprint density at radius 1 is 1.00 bits per heavy atom. The van der Waals surface area contributed by atoms with Gasteiger partial charge in [-0.25, -0.2) is 9.97 Å². The number of nitrogens with one attached hydrogen (secondary N) is 2. The van der Waals surface area contributed by atoms with E-state index in [1.807, 2.05) is 48.5 Å². The number of aromatic amines is 1. The minimum absolute atomic E-state index is 0.0889. The van der Waals surface area contributed by atoms with E-state index >= 15 is 0 Å². The van der Waals surface area contributed by atoms with E-state index in [4.69, 9.17) is 19.4 Å². The number of amides is 1. The van der Waals surface area contributed by atoms with E-state index in [0.29, 0.717) is 34.8 Å². The molecule has 0 saturated heterocycles. The van der Waals surface area contributed by atoms with Gasteiger partial charge < -0.3 is 19.8 Å². The fourth-order valence-electron chi connectivity index (χ4n) is 4.12. The molecule has 0 spiro atoms. The second-order valence-electron chi connectivity index (χ2n) is 8.21. The predicted molar refractivity (Wildman–Crippen MR) is 133 cm³/mol. The summed E-state index contributed by atoms with van der Waals surface area (Å²) in [6, 6.07) is 20.5. The molecular weight excluding hydrogens is 464 g/mol. The maximum Gasteiger partial charge on any atom is 0.258 e. The van der Waals surface area contributed by atoms with Crippen molar-refractivity contribution in [3.8, 4) is 11.5 Å². The van der Waals surface area contributed by atoms with Gasteiger partial charge in [0.2, 0.25) is 12.7 Å². The number of para-hydroxylation sites is 2. The van der Waals surface area contributed by atoms with E-state index in [1.54, 1.807) is 18.2 Å². The molecule has 0 aliphatic carbocycles. The molecule has 1 aliphatic rings. The number of H-pyrrole nitrogens is 1. The number of ether oxygens (including phenoxy) is 2. The number of hydrogen-bond donors (Lipinski definition) is 2. The Morgan fingerprint density at radius 3 is 2.69 bits per heavy atom. The molecule has 8 nitrogen and oxygen atoms in total. The summed E-state index contributed by atoms with van der Waals surface area (Å²) in [7, 11) is 0. The van der Waals surface area contributed by atoms with Crippen LogP contribution in [0, 0.1) is 0 Å². The molecule has 0 bridgehead atoms. The number of rotatable bonds is 6. The highest BCUT2D eigenvalue weighted by Crippen LogP contribution is 2.34. The van der Waals surface area contributed by atoms with Crippen molar-refractivity contribution in [2.45, 2.75) is 18.9 Å². The quantitative estimate of drug-likeness (QED) is 0.376. The van der Waals surface area contributed by atoms with Crippen LogP contribution in [0.2, 0.25) is 0 Å². The summed E-state index contributed by atoms with van der Waals surface area (Å²) in [4.78, 5) is 38.2. The second kappa shape index (κ2) is 8.84. The summed E-state index contributed by atoms with van der Waals surface area (Å²) >= 11 is 1.50. The highest BCUT2D eigenvalue weighted by atomic mass is 32.1. The smallest absolute Gasteiger partial charge is 0.258 e. The Labute approximate surface area is 203 Å². The van der Waals surface area contributed by atoms with Gasteiger partial charge in [0, 0.05) is 13.0 Å². The van der Waals surface area contributed by atoms with Crippen molar-refractivity contribution in [2.24, 2.45) is 0 Å². The van der Waals surface area contributed by atoms with Gasteiger partial charge in [0.05, 0.1) is 27.0 Å². The molecule has 0 saturated carbocycles. The van der Waals surface area contributed by atoms with Crippen molar-refractivity contribution < 1.29 is 14.3 Å². The summed E-state index contributed by atoms with van der Waals surface area (Å²) in [5.41, 5.74) is 2.09. The number of nitrogens with zero attached hydrogens (tertiary/aromatic N) is 2. The van der Waals surface area contributed by atoms with E-state index < -0.39 is 5.92 Å². The third-order valence-electron chi connectivity index (χ3n) is 5.89. The number of carbonyl (C=O) groups excluding carboxylic acids is 1. The van der Waals surface area contributed by atoms with Crippen molar-refractivity contribution in [1.29, 1.82) is 0 Å². The van der Waals surface area contributed by atoms with Crippen LogP contribution in [0.1, 0.15) is 28.7 Å². The van der Waals surface area contributed by atoms with Gasteiger partial charge in [-0.3, -0.25) is 9.59 Å². The number of thiazole rings is 1. The van der Waals surface area contributed by atoms with E-state index in [2.05, 4.69) is 10.3 Å². The second-order valence-corrected chi connectivity index (χ2v) is 9.27. The first-order chi connectivity index (χ1) is 17.1. The number of benzene rings is 3. The minimum Gasteiger partial charge on any atom is -0.454 e. The van der Waals surface area contributed by atoms with Crippen LogP contribution in [0.4, 0.5) is 0 Å². The number of carbonyl (C=O) groups is 1. The van der Waals surface area contributed by atoms with Gasteiger partial charge in [-0.1, -0.05) is 30.3 Å². The molecule has 2 aromatic heterocycles. The van der Waals surface area contributed by atoms with E-state index in [1.165, 1.54) is 11.3 Å². The lowest BCUT2D eigenvalue weighted by Crippen LogP contribution is -2.26. The molecule has 0 radical (unpaired) electrons. The highest BCUT2D eigenvalue weighted by Gasteiger charge is 2.25. The van der Waals surface area contributed by atoms with Crippen molar-refractivity contribution in [3.63, 3.8) is 0 Å². The SMILES string of the molecule is O=C(C[C@H](c1nc2ccccc2c(=O)[nH]1)c1nc2ccccc2s1)NCc1ccc2c(c1)OCO2. The van der Waals surface area contributed by atoms with Gasteiger partial charge in [0.15, 0.2) is 11.5 Å². The molecule has 2 N–H and O–H groups in total. The monoisotopic (exact) mass is 484 g/mol. The first kappa shape index (κ1) is 21.3. The van der Waals surface area contributed by atoms with Crippen molar-refractivity contribution >= 4 is 38.4 Å². The fourth-order valence-corrected chi connectivity index (χ4v) is 5.19. The molecular formula is C26H20N4O4S.